The molecule has 0 aliphatic rings. The van der Waals surface area contributed by atoms with Gasteiger partial charge in [0.05, 0.1) is 0 Å². The van der Waals surface area contributed by atoms with E-state index in [0.29, 0.717) is 6.07 Å². The lowest BCUT2D eigenvalue weighted by Gasteiger charge is -2.08. The summed E-state index contributed by atoms with van der Waals surface area (Å²) in [4.78, 5) is 0. The monoisotopic (exact) mass is 205 g/mol. The molecule has 0 saturated carbocycles. The highest BCUT2D eigenvalue weighted by molar-refractivity contribution is 6.12. The first-order valence-electron chi connectivity index (χ1n) is 3.49. The Balaban J connectivity index is 3.41. The van der Waals surface area contributed by atoms with Crippen LogP contribution in [0.3, 0.4) is 0 Å². The van der Waals surface area contributed by atoms with Gasteiger partial charge in [0.15, 0.2) is 23.3 Å². The van der Waals surface area contributed by atoms with E-state index in [0.717, 1.165) is 0 Å². The van der Waals surface area contributed by atoms with Crippen molar-refractivity contribution in [2.45, 2.75) is 12.5 Å². The molecule has 0 heterocycles. The van der Waals surface area contributed by atoms with Gasteiger partial charge in [0.2, 0.25) is 0 Å². The van der Waals surface area contributed by atoms with Crippen molar-refractivity contribution in [3.05, 3.63) is 34.9 Å². The van der Waals surface area contributed by atoms with Crippen LogP contribution in [0.4, 0.5) is 17.6 Å². The van der Waals surface area contributed by atoms with Crippen LogP contribution in [0.15, 0.2) is 6.07 Å². The van der Waals surface area contributed by atoms with Crippen LogP contribution in [-0.4, -0.2) is 10.2 Å². The first kappa shape index (κ1) is 10.2. The maximum absolute atomic E-state index is 12.9. The summed E-state index contributed by atoms with van der Waals surface area (Å²) >= 11 is 0. The van der Waals surface area contributed by atoms with Crippen LogP contribution < -0.4 is 0 Å². The molecule has 1 aromatic carbocycles. The van der Waals surface area contributed by atoms with E-state index in [1.54, 1.807) is 0 Å². The molecule has 0 aliphatic heterocycles. The lowest BCUT2D eigenvalue weighted by Crippen LogP contribution is -2.04. The third kappa shape index (κ3) is 1.74. The van der Waals surface area contributed by atoms with Crippen molar-refractivity contribution in [2.24, 2.45) is 0 Å². The van der Waals surface area contributed by atoms with Gasteiger partial charge in [-0.05, 0) is 17.2 Å². The van der Waals surface area contributed by atoms with Crippen LogP contribution in [0.25, 0.3) is 0 Å². The van der Waals surface area contributed by atoms with Crippen molar-refractivity contribution in [1.29, 1.82) is 0 Å². The Morgan fingerprint density at radius 3 is 2.08 bits per heavy atom. The minimum Gasteiger partial charge on any atom is -0.204 e. The Morgan fingerprint density at radius 2 is 1.62 bits per heavy atom. The molecule has 0 aromatic heterocycles. The normalized spacial score (nSPS) is 13.1. The molecule has 0 N–H and O–H groups in total. The molecule has 5 heteroatoms. The SMILES string of the molecule is CC([Si])c1cc(F)c(F)c(F)c1F. The summed E-state index contributed by atoms with van der Waals surface area (Å²) in [5.74, 6) is -6.31. The molecular formula is C8H5F4Si. The van der Waals surface area contributed by atoms with E-state index in [9.17, 15) is 17.6 Å². The van der Waals surface area contributed by atoms with Crippen molar-refractivity contribution in [3.63, 3.8) is 0 Å². The van der Waals surface area contributed by atoms with Crippen molar-refractivity contribution < 1.29 is 17.6 Å². The zero-order valence-electron chi connectivity index (χ0n) is 6.67. The van der Waals surface area contributed by atoms with Gasteiger partial charge in [-0.2, -0.15) is 0 Å². The topological polar surface area (TPSA) is 0 Å². The van der Waals surface area contributed by atoms with Crippen molar-refractivity contribution in [1.82, 2.24) is 0 Å². The van der Waals surface area contributed by atoms with Gasteiger partial charge in [-0.25, -0.2) is 17.6 Å². The molecule has 1 rings (SSSR count). The smallest absolute Gasteiger partial charge is 0.197 e. The molecular weight excluding hydrogens is 200 g/mol. The van der Waals surface area contributed by atoms with Gasteiger partial charge in [0.1, 0.15) is 0 Å². The largest absolute Gasteiger partial charge is 0.204 e. The summed E-state index contributed by atoms with van der Waals surface area (Å²) < 4.78 is 50.5. The Kier molecular flexibility index (Phi) is 2.75. The molecule has 0 bridgehead atoms. The zero-order chi connectivity index (χ0) is 10.2. The van der Waals surface area contributed by atoms with Crippen LogP contribution in [0, 0.1) is 23.3 Å². The van der Waals surface area contributed by atoms with Crippen molar-refractivity contribution >= 4 is 10.2 Å². The summed E-state index contributed by atoms with van der Waals surface area (Å²) in [7, 11) is 2.98. The van der Waals surface area contributed by atoms with Gasteiger partial charge in [-0.3, -0.25) is 0 Å². The van der Waals surface area contributed by atoms with Gasteiger partial charge in [0, 0.05) is 10.2 Å². The third-order valence-corrected chi connectivity index (χ3v) is 1.91. The molecule has 0 spiro atoms. The minimum absolute atomic E-state index is 0.243. The average molecular weight is 205 g/mol. The zero-order valence-corrected chi connectivity index (χ0v) is 7.67. The third-order valence-electron chi connectivity index (χ3n) is 1.60. The molecule has 1 aromatic rings. The Morgan fingerprint density at radius 1 is 1.08 bits per heavy atom. The van der Waals surface area contributed by atoms with E-state index in [1.807, 2.05) is 0 Å². The van der Waals surface area contributed by atoms with E-state index < -0.39 is 28.8 Å². The van der Waals surface area contributed by atoms with Gasteiger partial charge in [-0.15, -0.1) is 0 Å². The number of halogens is 4. The highest BCUT2D eigenvalue weighted by atomic mass is 28.1. The van der Waals surface area contributed by atoms with Gasteiger partial charge in [-0.1, -0.05) is 6.92 Å². The maximum Gasteiger partial charge on any atom is 0.197 e. The summed E-state index contributed by atoms with van der Waals surface area (Å²) in [6.45, 7) is 1.48. The second-order valence-corrected chi connectivity index (χ2v) is 3.48. The Hall–Kier alpha value is -0.843. The second kappa shape index (κ2) is 3.49. The molecule has 69 valence electrons. The predicted octanol–water partition coefficient (Wildman–Crippen LogP) is 2.47. The van der Waals surface area contributed by atoms with E-state index in [2.05, 4.69) is 10.2 Å². The summed E-state index contributed by atoms with van der Waals surface area (Å²) in [5.41, 5.74) is -0.822. The molecule has 13 heavy (non-hydrogen) atoms. The fraction of sp³-hybridized carbons (Fsp3) is 0.250. The number of hydrogen-bond acceptors (Lipinski definition) is 0. The lowest BCUT2D eigenvalue weighted by molar-refractivity contribution is 0.404. The van der Waals surface area contributed by atoms with Gasteiger partial charge >= 0.3 is 0 Å². The predicted molar refractivity (Wildman–Crippen MR) is 40.4 cm³/mol. The summed E-state index contributed by atoms with van der Waals surface area (Å²) in [6, 6.07) is 0.630. The molecule has 1 unspecified atom stereocenters. The Bertz CT molecular complexity index is 335. The van der Waals surface area contributed by atoms with Crippen LogP contribution >= 0.6 is 0 Å². The van der Waals surface area contributed by atoms with E-state index in [4.69, 9.17) is 0 Å². The molecule has 0 saturated heterocycles. The number of benzene rings is 1. The number of rotatable bonds is 1. The summed E-state index contributed by atoms with van der Waals surface area (Å²) in [5, 5.41) is 0. The summed E-state index contributed by atoms with van der Waals surface area (Å²) in [6.07, 6.45) is 0. The Labute approximate surface area is 76.0 Å². The lowest BCUT2D eigenvalue weighted by atomic mass is 10.1. The van der Waals surface area contributed by atoms with E-state index in [1.165, 1.54) is 6.92 Å². The first-order valence-corrected chi connectivity index (χ1v) is 4.07. The van der Waals surface area contributed by atoms with Gasteiger partial charge in [0.25, 0.3) is 0 Å². The molecule has 0 amide bonds. The average Bonchev–Trinajstić information content (AvgIpc) is 2.07. The van der Waals surface area contributed by atoms with Crippen molar-refractivity contribution in [3.8, 4) is 0 Å². The minimum atomic E-state index is -1.78. The van der Waals surface area contributed by atoms with E-state index in [-0.39, 0.29) is 5.56 Å². The molecule has 1 atom stereocenters. The highest BCUT2D eigenvalue weighted by Gasteiger charge is 2.19. The quantitative estimate of drug-likeness (QED) is 0.286. The molecule has 3 radical (unpaired) electrons. The van der Waals surface area contributed by atoms with Gasteiger partial charge < -0.3 is 0 Å². The van der Waals surface area contributed by atoms with E-state index >= 15 is 0 Å². The first-order chi connectivity index (χ1) is 5.95. The fourth-order valence-corrected chi connectivity index (χ4v) is 1.12. The molecule has 0 fully saturated rings. The number of hydrogen-bond donors (Lipinski definition) is 0. The molecule has 0 aliphatic carbocycles. The maximum atomic E-state index is 12.9. The van der Waals surface area contributed by atoms with Crippen LogP contribution in [0.1, 0.15) is 18.0 Å². The fourth-order valence-electron chi connectivity index (χ4n) is 0.906. The van der Waals surface area contributed by atoms with Crippen LogP contribution in [0.2, 0.25) is 0 Å². The second-order valence-electron chi connectivity index (χ2n) is 2.61. The van der Waals surface area contributed by atoms with Crippen molar-refractivity contribution in [2.75, 3.05) is 0 Å². The standard InChI is InChI=1S/C8H5F4Si/c1-3(13)4-2-5(9)7(11)8(12)6(4)10/h2-3H,1H3. The van der Waals surface area contributed by atoms with Crippen LogP contribution in [0.5, 0.6) is 0 Å². The van der Waals surface area contributed by atoms with Crippen LogP contribution in [-0.2, 0) is 0 Å². The molecule has 0 nitrogen and oxygen atoms in total. The highest BCUT2D eigenvalue weighted by Crippen LogP contribution is 2.22.